The maximum absolute atomic E-state index is 12.9. The summed E-state index contributed by atoms with van der Waals surface area (Å²) >= 11 is 6.02. The van der Waals surface area contributed by atoms with Crippen LogP contribution in [-0.4, -0.2) is 24.0 Å². The van der Waals surface area contributed by atoms with Gasteiger partial charge in [-0.1, -0.05) is 24.6 Å². The summed E-state index contributed by atoms with van der Waals surface area (Å²) in [7, 11) is 0. The van der Waals surface area contributed by atoms with Gasteiger partial charge in [0.05, 0.1) is 0 Å². The Morgan fingerprint density at radius 1 is 1.53 bits per heavy atom. The largest absolute Gasteiger partial charge is 0.327 e. The van der Waals surface area contributed by atoms with Crippen molar-refractivity contribution in [3.63, 3.8) is 0 Å². The van der Waals surface area contributed by atoms with Gasteiger partial charge >= 0.3 is 0 Å². The topological polar surface area (TPSA) is 29.3 Å². The van der Waals surface area contributed by atoms with Crippen molar-refractivity contribution in [3.05, 3.63) is 34.6 Å². The van der Waals surface area contributed by atoms with Crippen LogP contribution in [0.2, 0.25) is 5.02 Å². The molecule has 0 saturated carbocycles. The molecule has 1 fully saturated rings. The third-order valence-corrected chi connectivity index (χ3v) is 3.82. The Balaban J connectivity index is 2.01. The molecule has 1 aliphatic heterocycles. The molecule has 1 aromatic rings. The molecule has 2 rings (SSSR count). The van der Waals surface area contributed by atoms with Gasteiger partial charge in [-0.2, -0.15) is 0 Å². The van der Waals surface area contributed by atoms with Gasteiger partial charge in [-0.15, -0.1) is 0 Å². The number of nitrogens with zero attached hydrogens (tertiary/aromatic N) is 1. The van der Waals surface area contributed by atoms with Gasteiger partial charge in [-0.05, 0) is 36.6 Å². The van der Waals surface area contributed by atoms with Crippen molar-refractivity contribution in [2.45, 2.75) is 25.9 Å². The molecule has 0 bridgehead atoms. The van der Waals surface area contributed by atoms with Crippen LogP contribution in [0.15, 0.2) is 18.2 Å². The fraction of sp³-hybridized carbons (Fsp3) is 0.538. The Morgan fingerprint density at radius 3 is 2.94 bits per heavy atom. The second kappa shape index (κ2) is 5.34. The minimum absolute atomic E-state index is 0.284. The number of likely N-dealkylation sites (tertiary alicyclic amines) is 1. The van der Waals surface area contributed by atoms with E-state index in [1.165, 1.54) is 12.1 Å². The monoisotopic (exact) mass is 256 g/mol. The lowest BCUT2D eigenvalue weighted by atomic mass is 9.94. The van der Waals surface area contributed by atoms with Crippen LogP contribution in [0, 0.1) is 11.7 Å². The molecule has 1 saturated heterocycles. The molecule has 17 heavy (non-hydrogen) atoms. The van der Waals surface area contributed by atoms with Crippen molar-refractivity contribution >= 4 is 11.6 Å². The van der Waals surface area contributed by atoms with Gasteiger partial charge in [0.15, 0.2) is 0 Å². The number of benzene rings is 1. The Kier molecular flexibility index (Phi) is 4.02. The van der Waals surface area contributed by atoms with Crippen LogP contribution in [0.1, 0.15) is 18.9 Å². The molecule has 0 spiro atoms. The first-order valence-corrected chi connectivity index (χ1v) is 6.36. The number of hydrogen-bond donors (Lipinski definition) is 1. The molecule has 2 unspecified atom stereocenters. The average Bonchev–Trinajstić information content (AvgIpc) is 2.27. The van der Waals surface area contributed by atoms with Crippen LogP contribution in [-0.2, 0) is 6.54 Å². The predicted molar refractivity (Wildman–Crippen MR) is 68.4 cm³/mol. The molecular formula is C13H18ClFN2. The van der Waals surface area contributed by atoms with E-state index in [-0.39, 0.29) is 5.82 Å². The highest BCUT2D eigenvalue weighted by Gasteiger charge is 2.23. The van der Waals surface area contributed by atoms with Crippen molar-refractivity contribution < 1.29 is 4.39 Å². The van der Waals surface area contributed by atoms with Crippen LogP contribution >= 0.6 is 11.6 Å². The van der Waals surface area contributed by atoms with Crippen LogP contribution in [0.25, 0.3) is 0 Å². The van der Waals surface area contributed by atoms with Crippen molar-refractivity contribution in [2.24, 2.45) is 11.7 Å². The third-order valence-electron chi connectivity index (χ3n) is 3.46. The first-order valence-electron chi connectivity index (χ1n) is 5.98. The van der Waals surface area contributed by atoms with E-state index in [1.807, 2.05) is 0 Å². The van der Waals surface area contributed by atoms with E-state index in [0.29, 0.717) is 17.0 Å². The Labute approximate surface area is 107 Å². The molecule has 2 nitrogen and oxygen atoms in total. The van der Waals surface area contributed by atoms with Crippen molar-refractivity contribution in [1.29, 1.82) is 0 Å². The molecule has 0 radical (unpaired) electrons. The molecular weight excluding hydrogens is 239 g/mol. The fourth-order valence-corrected chi connectivity index (χ4v) is 2.51. The van der Waals surface area contributed by atoms with E-state index >= 15 is 0 Å². The molecule has 1 aromatic carbocycles. The van der Waals surface area contributed by atoms with Gasteiger partial charge in [0.25, 0.3) is 0 Å². The molecule has 2 atom stereocenters. The normalized spacial score (nSPS) is 26.1. The predicted octanol–water partition coefficient (Wildman–Crippen LogP) is 2.65. The molecule has 4 heteroatoms. The fourth-order valence-electron chi connectivity index (χ4n) is 2.28. The lowest BCUT2D eigenvalue weighted by Crippen LogP contribution is -2.45. The van der Waals surface area contributed by atoms with Gasteiger partial charge < -0.3 is 5.73 Å². The molecule has 2 N–H and O–H groups in total. The van der Waals surface area contributed by atoms with E-state index in [4.69, 9.17) is 17.3 Å². The summed E-state index contributed by atoms with van der Waals surface area (Å²) in [6.07, 6.45) is 1.01. The zero-order valence-electron chi connectivity index (χ0n) is 10.00. The Bertz CT molecular complexity index is 397. The highest BCUT2D eigenvalue weighted by molar-refractivity contribution is 6.31. The van der Waals surface area contributed by atoms with E-state index in [9.17, 15) is 4.39 Å². The second-order valence-electron chi connectivity index (χ2n) is 4.90. The Morgan fingerprint density at radius 2 is 2.29 bits per heavy atom. The summed E-state index contributed by atoms with van der Waals surface area (Å²) < 4.78 is 12.9. The van der Waals surface area contributed by atoms with Gasteiger partial charge in [0.2, 0.25) is 0 Å². The van der Waals surface area contributed by atoms with Crippen molar-refractivity contribution in [2.75, 3.05) is 13.1 Å². The highest BCUT2D eigenvalue weighted by Crippen LogP contribution is 2.22. The highest BCUT2D eigenvalue weighted by atomic mass is 35.5. The molecule has 0 aliphatic carbocycles. The third kappa shape index (κ3) is 3.18. The van der Waals surface area contributed by atoms with Crippen LogP contribution in [0.3, 0.4) is 0 Å². The van der Waals surface area contributed by atoms with Gasteiger partial charge in [0.1, 0.15) is 5.82 Å². The summed E-state index contributed by atoms with van der Waals surface area (Å²) in [5.41, 5.74) is 6.96. The van der Waals surface area contributed by atoms with E-state index in [0.717, 1.165) is 31.6 Å². The van der Waals surface area contributed by atoms with E-state index in [1.54, 1.807) is 6.07 Å². The lowest BCUT2D eigenvalue weighted by Gasteiger charge is -2.35. The van der Waals surface area contributed by atoms with Gasteiger partial charge in [0, 0.05) is 24.2 Å². The second-order valence-corrected chi connectivity index (χ2v) is 5.31. The minimum Gasteiger partial charge on any atom is -0.327 e. The maximum atomic E-state index is 12.9. The molecule has 0 amide bonds. The summed E-state index contributed by atoms with van der Waals surface area (Å²) in [6.45, 7) is 4.91. The first kappa shape index (κ1) is 12.8. The number of hydrogen-bond acceptors (Lipinski definition) is 2. The maximum Gasteiger partial charge on any atom is 0.124 e. The average molecular weight is 257 g/mol. The minimum atomic E-state index is -0.284. The Hall–Kier alpha value is -0.640. The smallest absolute Gasteiger partial charge is 0.124 e. The number of nitrogens with two attached hydrogens (primary N) is 1. The van der Waals surface area contributed by atoms with Gasteiger partial charge in [-0.25, -0.2) is 4.39 Å². The summed E-state index contributed by atoms with van der Waals surface area (Å²) in [6, 6.07) is 4.89. The van der Waals surface area contributed by atoms with Crippen LogP contribution < -0.4 is 5.73 Å². The van der Waals surface area contributed by atoms with Gasteiger partial charge in [-0.3, -0.25) is 4.90 Å². The van der Waals surface area contributed by atoms with E-state index in [2.05, 4.69) is 11.8 Å². The molecule has 94 valence electrons. The quantitative estimate of drug-likeness (QED) is 0.882. The van der Waals surface area contributed by atoms with Crippen molar-refractivity contribution in [1.82, 2.24) is 4.90 Å². The van der Waals surface area contributed by atoms with E-state index < -0.39 is 0 Å². The molecule has 1 aliphatic rings. The van der Waals surface area contributed by atoms with Crippen LogP contribution in [0.4, 0.5) is 4.39 Å². The first-order chi connectivity index (χ1) is 8.06. The molecule has 1 heterocycles. The number of halogens is 2. The lowest BCUT2D eigenvalue weighted by molar-refractivity contribution is 0.158. The number of piperidine rings is 1. The standard InChI is InChI=1S/C13H18ClFN2/c1-9-7-17(5-4-13(9)16)8-10-2-3-11(15)6-12(10)14/h2-3,6,9,13H,4-5,7-8,16H2,1H3. The summed E-state index contributed by atoms with van der Waals surface area (Å²) in [4.78, 5) is 2.33. The van der Waals surface area contributed by atoms with Crippen LogP contribution in [0.5, 0.6) is 0 Å². The van der Waals surface area contributed by atoms with Crippen molar-refractivity contribution in [3.8, 4) is 0 Å². The summed E-state index contributed by atoms with van der Waals surface area (Å²) in [5.74, 6) is 0.218. The SMILES string of the molecule is CC1CN(Cc2ccc(F)cc2Cl)CCC1N. The zero-order chi connectivity index (χ0) is 12.4. The molecule has 0 aromatic heterocycles. The number of rotatable bonds is 2. The zero-order valence-corrected chi connectivity index (χ0v) is 10.8. The summed E-state index contributed by atoms with van der Waals surface area (Å²) in [5, 5.41) is 0.507.